The van der Waals surface area contributed by atoms with Gasteiger partial charge in [-0.1, -0.05) is 41.2 Å². The quantitative estimate of drug-likeness (QED) is 0.386. The lowest BCUT2D eigenvalue weighted by atomic mass is 10.2. The van der Waals surface area contributed by atoms with E-state index in [0.717, 1.165) is 20.8 Å². The molecule has 6 nitrogen and oxygen atoms in total. The lowest BCUT2D eigenvalue weighted by Gasteiger charge is -2.12. The van der Waals surface area contributed by atoms with Crippen molar-refractivity contribution in [1.82, 2.24) is 15.1 Å². The van der Waals surface area contributed by atoms with E-state index in [1.54, 1.807) is 24.3 Å². The number of fused-ring (bicyclic) bond motifs is 1. The van der Waals surface area contributed by atoms with Gasteiger partial charge in [-0.25, -0.2) is 9.97 Å². The van der Waals surface area contributed by atoms with Gasteiger partial charge in [-0.05, 0) is 31.4 Å². The van der Waals surface area contributed by atoms with Gasteiger partial charge in [0.25, 0.3) is 0 Å². The van der Waals surface area contributed by atoms with Crippen LogP contribution in [-0.2, 0) is 4.79 Å². The van der Waals surface area contributed by atoms with E-state index >= 15 is 0 Å². The van der Waals surface area contributed by atoms with Crippen LogP contribution in [0.25, 0.3) is 21.6 Å². The first-order valence-corrected chi connectivity index (χ1v) is 10.1. The Hall–Kier alpha value is -2.71. The van der Waals surface area contributed by atoms with E-state index in [9.17, 15) is 4.79 Å². The molecule has 4 aromatic rings. The van der Waals surface area contributed by atoms with Crippen molar-refractivity contribution in [2.45, 2.75) is 24.1 Å². The molecule has 1 aromatic carbocycles. The number of aromatic nitrogens is 3. The van der Waals surface area contributed by atoms with Crippen molar-refractivity contribution in [3.8, 4) is 10.7 Å². The molecule has 1 unspecified atom stereocenters. The van der Waals surface area contributed by atoms with Crippen molar-refractivity contribution >= 4 is 45.7 Å². The van der Waals surface area contributed by atoms with Crippen molar-refractivity contribution in [2.75, 3.05) is 5.32 Å². The second kappa shape index (κ2) is 7.50. The normalized spacial score (nSPS) is 12.2. The standard InChI is InChI=1S/C19H16N4O2S2/c1-11-10-16(23-25-11)21-18(24)12(2)27-19-13-6-3-4-7-14(13)20-17(22-19)15-8-5-9-26-15/h3-10,12H,1-2H3,(H,21,23,24). The van der Waals surface area contributed by atoms with Crippen molar-refractivity contribution in [3.05, 3.63) is 53.6 Å². The average molecular weight is 396 g/mol. The number of nitrogens with zero attached hydrogens (tertiary/aromatic N) is 3. The smallest absolute Gasteiger partial charge is 0.238 e. The molecule has 0 aliphatic carbocycles. The zero-order valence-electron chi connectivity index (χ0n) is 14.7. The first-order valence-electron chi connectivity index (χ1n) is 8.31. The first kappa shape index (κ1) is 17.7. The molecule has 8 heteroatoms. The number of carbonyl (C=O) groups is 1. The fraction of sp³-hybridized carbons (Fsp3) is 0.158. The van der Waals surface area contributed by atoms with Crippen LogP contribution in [0.5, 0.6) is 0 Å². The summed E-state index contributed by atoms with van der Waals surface area (Å²) in [6.45, 7) is 3.62. The van der Waals surface area contributed by atoms with Crippen molar-refractivity contribution in [1.29, 1.82) is 0 Å². The van der Waals surface area contributed by atoms with Gasteiger partial charge in [-0.3, -0.25) is 4.79 Å². The van der Waals surface area contributed by atoms with Crippen LogP contribution in [0.2, 0.25) is 0 Å². The van der Waals surface area contributed by atoms with Gasteiger partial charge < -0.3 is 9.84 Å². The molecule has 0 spiro atoms. The molecule has 1 amide bonds. The molecule has 1 atom stereocenters. The van der Waals surface area contributed by atoms with Crippen LogP contribution in [-0.4, -0.2) is 26.3 Å². The van der Waals surface area contributed by atoms with Gasteiger partial charge in [0.1, 0.15) is 10.8 Å². The number of anilines is 1. The number of carbonyl (C=O) groups excluding carboxylic acids is 1. The predicted molar refractivity (Wildman–Crippen MR) is 108 cm³/mol. The molecule has 0 aliphatic heterocycles. The third-order valence-corrected chi connectivity index (χ3v) is 5.81. The van der Waals surface area contributed by atoms with Crippen LogP contribution in [0.15, 0.2) is 57.4 Å². The highest BCUT2D eigenvalue weighted by Gasteiger charge is 2.19. The monoisotopic (exact) mass is 396 g/mol. The van der Waals surface area contributed by atoms with E-state index in [2.05, 4.69) is 15.5 Å². The number of thioether (sulfide) groups is 1. The average Bonchev–Trinajstić information content (AvgIpc) is 3.33. The summed E-state index contributed by atoms with van der Waals surface area (Å²) in [5.74, 6) is 1.57. The Labute approximate surface area is 164 Å². The number of para-hydroxylation sites is 1. The summed E-state index contributed by atoms with van der Waals surface area (Å²) in [4.78, 5) is 22.9. The molecular weight excluding hydrogens is 380 g/mol. The van der Waals surface area contributed by atoms with Gasteiger partial charge in [0, 0.05) is 11.5 Å². The van der Waals surface area contributed by atoms with Crippen LogP contribution >= 0.6 is 23.1 Å². The van der Waals surface area contributed by atoms with Gasteiger partial charge in [0.2, 0.25) is 5.91 Å². The van der Waals surface area contributed by atoms with E-state index in [1.165, 1.54) is 11.8 Å². The minimum atomic E-state index is -0.364. The predicted octanol–water partition coefficient (Wildman–Crippen LogP) is 4.77. The topological polar surface area (TPSA) is 80.9 Å². The number of hydrogen-bond donors (Lipinski definition) is 1. The van der Waals surface area contributed by atoms with Crippen LogP contribution in [0.1, 0.15) is 12.7 Å². The lowest BCUT2D eigenvalue weighted by Crippen LogP contribution is -2.22. The summed E-state index contributed by atoms with van der Waals surface area (Å²) in [5, 5.41) is 9.91. The summed E-state index contributed by atoms with van der Waals surface area (Å²) in [7, 11) is 0. The summed E-state index contributed by atoms with van der Waals surface area (Å²) >= 11 is 2.99. The van der Waals surface area contributed by atoms with Gasteiger partial charge in [0.05, 0.1) is 15.6 Å². The third-order valence-electron chi connectivity index (χ3n) is 3.85. The summed E-state index contributed by atoms with van der Waals surface area (Å²) in [6, 6.07) is 13.5. The molecule has 0 radical (unpaired) electrons. The second-order valence-electron chi connectivity index (χ2n) is 5.92. The third kappa shape index (κ3) is 3.86. The van der Waals surface area contributed by atoms with Crippen LogP contribution in [0.3, 0.4) is 0 Å². The Morgan fingerprint density at radius 1 is 1.22 bits per heavy atom. The SMILES string of the molecule is Cc1cc(NC(=O)C(C)Sc2nc(-c3cccs3)nc3ccccc23)no1. The minimum Gasteiger partial charge on any atom is -0.360 e. The molecule has 27 heavy (non-hydrogen) atoms. The summed E-state index contributed by atoms with van der Waals surface area (Å²) in [6.07, 6.45) is 0. The number of nitrogens with one attached hydrogen (secondary N) is 1. The minimum absolute atomic E-state index is 0.159. The number of thiophene rings is 1. The Balaban J connectivity index is 1.63. The molecule has 0 aliphatic rings. The van der Waals surface area contributed by atoms with Crippen molar-refractivity contribution in [3.63, 3.8) is 0 Å². The number of aryl methyl sites for hydroxylation is 1. The molecule has 4 rings (SSSR count). The van der Waals surface area contributed by atoms with Gasteiger partial charge in [0.15, 0.2) is 11.6 Å². The van der Waals surface area contributed by atoms with Crippen LogP contribution < -0.4 is 5.32 Å². The van der Waals surface area contributed by atoms with Gasteiger partial charge in [-0.2, -0.15) is 0 Å². The Morgan fingerprint density at radius 2 is 2.07 bits per heavy atom. The molecule has 0 fully saturated rings. The highest BCUT2D eigenvalue weighted by Crippen LogP contribution is 2.32. The molecule has 136 valence electrons. The largest absolute Gasteiger partial charge is 0.360 e. The van der Waals surface area contributed by atoms with E-state index in [1.807, 2.05) is 48.7 Å². The number of rotatable bonds is 5. The van der Waals surface area contributed by atoms with Gasteiger partial charge in [-0.15, -0.1) is 11.3 Å². The highest BCUT2D eigenvalue weighted by molar-refractivity contribution is 8.00. The first-order chi connectivity index (χ1) is 13.1. The number of amides is 1. The molecule has 3 heterocycles. The Morgan fingerprint density at radius 3 is 2.81 bits per heavy atom. The molecule has 0 saturated heterocycles. The van der Waals surface area contributed by atoms with Crippen LogP contribution in [0, 0.1) is 6.92 Å². The molecule has 1 N–H and O–H groups in total. The summed E-state index contributed by atoms with van der Waals surface area (Å²) < 4.78 is 4.99. The van der Waals surface area contributed by atoms with Crippen molar-refractivity contribution < 1.29 is 9.32 Å². The van der Waals surface area contributed by atoms with Gasteiger partial charge >= 0.3 is 0 Å². The van der Waals surface area contributed by atoms with E-state index < -0.39 is 0 Å². The summed E-state index contributed by atoms with van der Waals surface area (Å²) in [5.41, 5.74) is 0.859. The van der Waals surface area contributed by atoms with E-state index in [0.29, 0.717) is 17.4 Å². The Kier molecular flexibility index (Phi) is 4.91. The lowest BCUT2D eigenvalue weighted by molar-refractivity contribution is -0.115. The van der Waals surface area contributed by atoms with Crippen molar-refractivity contribution in [2.24, 2.45) is 0 Å². The van der Waals surface area contributed by atoms with Crippen LogP contribution in [0.4, 0.5) is 5.82 Å². The van der Waals surface area contributed by atoms with E-state index in [4.69, 9.17) is 9.51 Å². The zero-order chi connectivity index (χ0) is 18.8. The number of hydrogen-bond acceptors (Lipinski definition) is 7. The zero-order valence-corrected chi connectivity index (χ0v) is 16.3. The number of benzene rings is 1. The molecule has 0 saturated carbocycles. The van der Waals surface area contributed by atoms with E-state index in [-0.39, 0.29) is 11.2 Å². The highest BCUT2D eigenvalue weighted by atomic mass is 32.2. The molecular formula is C19H16N4O2S2. The maximum absolute atomic E-state index is 12.5. The molecule has 0 bridgehead atoms. The fourth-order valence-corrected chi connectivity index (χ4v) is 4.12. The molecule has 3 aromatic heterocycles. The Bertz CT molecular complexity index is 1090. The second-order valence-corrected chi connectivity index (χ2v) is 8.20. The maximum atomic E-state index is 12.5. The fourth-order valence-electron chi connectivity index (χ4n) is 2.53. The maximum Gasteiger partial charge on any atom is 0.238 e.